The van der Waals surface area contributed by atoms with Gasteiger partial charge in [-0.25, -0.2) is 0 Å². The Morgan fingerprint density at radius 1 is 1.30 bits per heavy atom. The number of hydrogen-bond acceptors (Lipinski definition) is 5. The van der Waals surface area contributed by atoms with Crippen LogP contribution in [0.1, 0.15) is 11.1 Å². The van der Waals surface area contributed by atoms with Gasteiger partial charge in [0.05, 0.1) is 4.92 Å². The predicted molar refractivity (Wildman–Crippen MR) is 87.7 cm³/mol. The molecule has 1 unspecified atom stereocenters. The normalized spacial score (nSPS) is 11.9. The van der Waals surface area contributed by atoms with E-state index < -0.39 is 16.9 Å². The van der Waals surface area contributed by atoms with Crippen molar-refractivity contribution in [3.8, 4) is 0 Å². The molecule has 0 heterocycles. The highest BCUT2D eigenvalue weighted by molar-refractivity contribution is 7.99. The minimum Gasteiger partial charge on any atom is -0.480 e. The highest BCUT2D eigenvalue weighted by Gasteiger charge is 2.18. The van der Waals surface area contributed by atoms with Crippen LogP contribution in [0.4, 0.5) is 5.69 Å². The third-order valence-corrected chi connectivity index (χ3v) is 4.39. The number of carboxylic acid groups (broad SMARTS) is 1. The van der Waals surface area contributed by atoms with Gasteiger partial charge in [0.25, 0.3) is 5.69 Å². The Labute approximate surface area is 137 Å². The number of nitrogens with two attached hydrogens (primary N) is 1. The Kier molecular flexibility index (Phi) is 5.36. The van der Waals surface area contributed by atoms with Gasteiger partial charge in [-0.05, 0) is 37.1 Å². The fourth-order valence-electron chi connectivity index (χ4n) is 2.00. The molecule has 3 N–H and O–H groups in total. The molecule has 0 amide bonds. The van der Waals surface area contributed by atoms with Crippen molar-refractivity contribution in [2.45, 2.75) is 29.2 Å². The highest BCUT2D eigenvalue weighted by atomic mass is 32.2. The molecule has 0 aromatic heterocycles. The van der Waals surface area contributed by atoms with E-state index in [1.807, 2.05) is 31.2 Å². The lowest BCUT2D eigenvalue weighted by Crippen LogP contribution is -2.32. The summed E-state index contributed by atoms with van der Waals surface area (Å²) in [6.07, 6.45) is 0.0329. The SMILES string of the molecule is Cc1ccc(Sc2ccc([N+](=O)[O-])cc2CC(N)C(=O)O)cc1. The monoisotopic (exact) mass is 332 g/mol. The Hall–Kier alpha value is -2.38. The Balaban J connectivity index is 2.34. The zero-order valence-corrected chi connectivity index (χ0v) is 13.2. The maximum Gasteiger partial charge on any atom is 0.320 e. The van der Waals surface area contributed by atoms with Gasteiger partial charge in [-0.1, -0.05) is 29.5 Å². The van der Waals surface area contributed by atoms with Gasteiger partial charge in [0, 0.05) is 21.9 Å². The molecular formula is C16H16N2O4S. The summed E-state index contributed by atoms with van der Waals surface area (Å²) in [6, 6.07) is 11.2. The van der Waals surface area contributed by atoms with Crippen LogP contribution in [0.5, 0.6) is 0 Å². The molecule has 7 heteroatoms. The molecule has 0 fully saturated rings. The summed E-state index contributed by atoms with van der Waals surface area (Å²) >= 11 is 1.43. The highest BCUT2D eigenvalue weighted by Crippen LogP contribution is 2.33. The number of nitrogens with zero attached hydrogens (tertiary/aromatic N) is 1. The Morgan fingerprint density at radius 2 is 1.96 bits per heavy atom. The molecule has 2 aromatic rings. The van der Waals surface area contributed by atoms with Gasteiger partial charge < -0.3 is 10.8 Å². The second kappa shape index (κ2) is 7.26. The van der Waals surface area contributed by atoms with Crippen LogP contribution in [0.25, 0.3) is 0 Å². The second-order valence-corrected chi connectivity index (χ2v) is 6.23. The van der Waals surface area contributed by atoms with E-state index in [-0.39, 0.29) is 12.1 Å². The third kappa shape index (κ3) is 4.54. The van der Waals surface area contributed by atoms with Crippen LogP contribution < -0.4 is 5.73 Å². The average Bonchev–Trinajstić information content (AvgIpc) is 2.50. The lowest BCUT2D eigenvalue weighted by atomic mass is 10.1. The standard InChI is InChI=1S/C16H16N2O4S/c1-10-2-5-13(6-3-10)23-15-7-4-12(18(21)22)8-11(15)9-14(17)16(19)20/h2-8,14H,9,17H2,1H3,(H,19,20). The number of hydrogen-bond donors (Lipinski definition) is 2. The van der Waals surface area contributed by atoms with Crippen LogP contribution in [0, 0.1) is 17.0 Å². The third-order valence-electron chi connectivity index (χ3n) is 3.26. The van der Waals surface area contributed by atoms with Gasteiger partial charge in [-0.15, -0.1) is 0 Å². The van der Waals surface area contributed by atoms with E-state index in [4.69, 9.17) is 10.8 Å². The summed E-state index contributed by atoms with van der Waals surface area (Å²) in [5.41, 5.74) is 7.19. The molecule has 120 valence electrons. The molecule has 0 radical (unpaired) electrons. The molecule has 1 atom stereocenters. The lowest BCUT2D eigenvalue weighted by Gasteiger charge is -2.12. The maximum atomic E-state index is 11.0. The van der Waals surface area contributed by atoms with Gasteiger partial charge in [0.2, 0.25) is 0 Å². The van der Waals surface area contributed by atoms with Gasteiger partial charge in [-0.2, -0.15) is 0 Å². The molecule has 23 heavy (non-hydrogen) atoms. The summed E-state index contributed by atoms with van der Waals surface area (Å²) in [4.78, 5) is 23.1. The summed E-state index contributed by atoms with van der Waals surface area (Å²) < 4.78 is 0. The van der Waals surface area contributed by atoms with Crippen molar-refractivity contribution in [2.24, 2.45) is 5.73 Å². The minimum atomic E-state index is -1.14. The molecule has 0 saturated heterocycles. The predicted octanol–water partition coefficient (Wildman–Crippen LogP) is 3.01. The largest absolute Gasteiger partial charge is 0.480 e. The van der Waals surface area contributed by atoms with Crippen LogP contribution in [-0.2, 0) is 11.2 Å². The number of rotatable bonds is 6. The quantitative estimate of drug-likeness (QED) is 0.622. The van der Waals surface area contributed by atoms with Gasteiger partial charge in [0.15, 0.2) is 0 Å². The number of nitro groups is 1. The first-order chi connectivity index (χ1) is 10.9. The Bertz CT molecular complexity index is 731. The van der Waals surface area contributed by atoms with Crippen LogP contribution >= 0.6 is 11.8 Å². The molecule has 0 aliphatic carbocycles. The number of benzene rings is 2. The van der Waals surface area contributed by atoms with Crippen molar-refractivity contribution in [3.05, 3.63) is 63.7 Å². The average molecular weight is 332 g/mol. The zero-order valence-electron chi connectivity index (χ0n) is 12.4. The second-order valence-electron chi connectivity index (χ2n) is 5.11. The Morgan fingerprint density at radius 3 is 2.52 bits per heavy atom. The molecule has 2 aromatic carbocycles. The van der Waals surface area contributed by atoms with E-state index >= 15 is 0 Å². The molecule has 0 aliphatic rings. The molecule has 2 rings (SSSR count). The lowest BCUT2D eigenvalue weighted by molar-refractivity contribution is -0.385. The molecular weight excluding hydrogens is 316 g/mol. The van der Waals surface area contributed by atoms with Crippen molar-refractivity contribution < 1.29 is 14.8 Å². The van der Waals surface area contributed by atoms with Crippen molar-refractivity contribution in [2.75, 3.05) is 0 Å². The molecule has 6 nitrogen and oxygen atoms in total. The van der Waals surface area contributed by atoms with Crippen molar-refractivity contribution in [1.29, 1.82) is 0 Å². The van der Waals surface area contributed by atoms with Gasteiger partial charge >= 0.3 is 5.97 Å². The summed E-state index contributed by atoms with van der Waals surface area (Å²) in [5, 5.41) is 19.9. The first-order valence-corrected chi connectivity index (χ1v) is 7.68. The van der Waals surface area contributed by atoms with E-state index in [1.165, 1.54) is 23.9 Å². The molecule has 0 bridgehead atoms. The van der Waals surface area contributed by atoms with Gasteiger partial charge in [0.1, 0.15) is 6.04 Å². The van der Waals surface area contributed by atoms with Crippen molar-refractivity contribution >= 4 is 23.4 Å². The number of carboxylic acids is 1. The van der Waals surface area contributed by atoms with Crippen molar-refractivity contribution in [3.63, 3.8) is 0 Å². The number of aliphatic carboxylic acids is 1. The fraction of sp³-hybridized carbons (Fsp3) is 0.188. The van der Waals surface area contributed by atoms with E-state index in [9.17, 15) is 14.9 Å². The summed E-state index contributed by atoms with van der Waals surface area (Å²) in [5.74, 6) is -1.14. The molecule has 0 aliphatic heterocycles. The minimum absolute atomic E-state index is 0.0329. The van der Waals surface area contributed by atoms with E-state index in [2.05, 4.69) is 0 Å². The number of nitro benzene ring substituents is 1. The molecule has 0 spiro atoms. The number of non-ortho nitro benzene ring substituents is 1. The first kappa shape index (κ1) is 17.0. The van der Waals surface area contributed by atoms with Crippen LogP contribution in [0.15, 0.2) is 52.3 Å². The maximum absolute atomic E-state index is 11.0. The van der Waals surface area contributed by atoms with Crippen molar-refractivity contribution in [1.82, 2.24) is 0 Å². The zero-order chi connectivity index (χ0) is 17.0. The fourth-order valence-corrected chi connectivity index (χ4v) is 2.93. The smallest absolute Gasteiger partial charge is 0.320 e. The van der Waals surface area contributed by atoms with Gasteiger partial charge in [-0.3, -0.25) is 14.9 Å². The van der Waals surface area contributed by atoms with Crippen LogP contribution in [-0.4, -0.2) is 22.0 Å². The van der Waals surface area contributed by atoms with E-state index in [0.717, 1.165) is 15.4 Å². The van der Waals surface area contributed by atoms with Crippen LogP contribution in [0.2, 0.25) is 0 Å². The van der Waals surface area contributed by atoms with E-state index in [1.54, 1.807) is 6.07 Å². The summed E-state index contributed by atoms with van der Waals surface area (Å²) in [7, 11) is 0. The number of carbonyl (C=O) groups is 1. The first-order valence-electron chi connectivity index (χ1n) is 6.87. The summed E-state index contributed by atoms with van der Waals surface area (Å²) in [6.45, 7) is 1.98. The molecule has 0 saturated carbocycles. The van der Waals surface area contributed by atoms with E-state index in [0.29, 0.717) is 5.56 Å². The number of aryl methyl sites for hydroxylation is 1. The topological polar surface area (TPSA) is 106 Å². The van der Waals surface area contributed by atoms with Crippen LogP contribution in [0.3, 0.4) is 0 Å².